The molecular weight excluding hydrogens is 236 g/mol. The largest absolute Gasteiger partial charge is 0.507 e. The van der Waals surface area contributed by atoms with Crippen molar-refractivity contribution in [1.29, 1.82) is 0 Å². The first-order chi connectivity index (χ1) is 8.95. The predicted molar refractivity (Wildman–Crippen MR) is 79.0 cm³/mol. The van der Waals surface area contributed by atoms with E-state index in [0.717, 1.165) is 28.0 Å². The van der Waals surface area contributed by atoms with E-state index >= 15 is 0 Å². The molecule has 1 N–H and O–H groups in total. The van der Waals surface area contributed by atoms with Crippen LogP contribution in [-0.4, -0.2) is 12.2 Å². The number of rotatable bonds is 2. The van der Waals surface area contributed by atoms with Gasteiger partial charge in [-0.2, -0.15) is 0 Å². The Morgan fingerprint density at radius 2 is 1.53 bits per heavy atom. The van der Waals surface area contributed by atoms with Crippen molar-refractivity contribution in [2.24, 2.45) is 0 Å². The number of phenols is 1. The van der Waals surface area contributed by atoms with Gasteiger partial charge >= 0.3 is 0 Å². The van der Waals surface area contributed by atoms with Crippen molar-refractivity contribution < 1.29 is 9.84 Å². The van der Waals surface area contributed by atoms with Gasteiger partial charge in [0.2, 0.25) is 0 Å². The van der Waals surface area contributed by atoms with Crippen molar-refractivity contribution in [2.45, 2.75) is 27.7 Å². The normalized spacial score (nSPS) is 10.6. The van der Waals surface area contributed by atoms with Crippen molar-refractivity contribution in [3.8, 4) is 22.6 Å². The first kappa shape index (κ1) is 13.5. The maximum atomic E-state index is 10.2. The van der Waals surface area contributed by atoms with Gasteiger partial charge in [-0.3, -0.25) is 0 Å². The van der Waals surface area contributed by atoms with Gasteiger partial charge in [-0.1, -0.05) is 6.07 Å². The molecule has 2 heteroatoms. The second-order valence-electron chi connectivity index (χ2n) is 5.04. The zero-order valence-corrected chi connectivity index (χ0v) is 12.2. The van der Waals surface area contributed by atoms with Gasteiger partial charge in [0.15, 0.2) is 0 Å². The topological polar surface area (TPSA) is 29.5 Å². The number of hydrogen-bond acceptors (Lipinski definition) is 2. The van der Waals surface area contributed by atoms with Gasteiger partial charge in [-0.05, 0) is 68.1 Å². The van der Waals surface area contributed by atoms with Crippen LogP contribution in [0, 0.1) is 27.7 Å². The number of benzene rings is 2. The Kier molecular flexibility index (Phi) is 3.52. The summed E-state index contributed by atoms with van der Waals surface area (Å²) in [6.45, 7) is 8.20. The van der Waals surface area contributed by atoms with Crippen LogP contribution in [0.2, 0.25) is 0 Å². The van der Waals surface area contributed by atoms with E-state index in [1.807, 2.05) is 26.0 Å². The van der Waals surface area contributed by atoms with Crippen LogP contribution in [0.15, 0.2) is 24.3 Å². The molecule has 0 aliphatic carbocycles. The van der Waals surface area contributed by atoms with Gasteiger partial charge in [0.05, 0.1) is 7.11 Å². The van der Waals surface area contributed by atoms with Crippen molar-refractivity contribution in [3.63, 3.8) is 0 Å². The molecule has 0 aliphatic heterocycles. The van der Waals surface area contributed by atoms with E-state index in [0.29, 0.717) is 5.75 Å². The summed E-state index contributed by atoms with van der Waals surface area (Å²) in [5.74, 6) is 1.09. The first-order valence-corrected chi connectivity index (χ1v) is 6.40. The molecular formula is C17H20O2. The maximum Gasteiger partial charge on any atom is 0.127 e. The summed E-state index contributed by atoms with van der Waals surface area (Å²) < 4.78 is 5.47. The Bertz CT molecular complexity index is 628. The Balaban J connectivity index is 2.79. The third kappa shape index (κ3) is 2.30. The number of methoxy groups -OCH3 is 1. The summed E-state index contributed by atoms with van der Waals surface area (Å²) in [6.07, 6.45) is 0. The summed E-state index contributed by atoms with van der Waals surface area (Å²) in [6, 6.07) is 7.77. The van der Waals surface area contributed by atoms with Gasteiger partial charge in [0.25, 0.3) is 0 Å². The maximum absolute atomic E-state index is 10.2. The van der Waals surface area contributed by atoms with E-state index in [1.54, 1.807) is 13.2 Å². The van der Waals surface area contributed by atoms with E-state index in [1.165, 1.54) is 11.1 Å². The summed E-state index contributed by atoms with van der Waals surface area (Å²) in [5.41, 5.74) is 6.43. The van der Waals surface area contributed by atoms with Crippen LogP contribution in [0.5, 0.6) is 11.5 Å². The summed E-state index contributed by atoms with van der Waals surface area (Å²) >= 11 is 0. The Hall–Kier alpha value is -1.96. The third-order valence-electron chi connectivity index (χ3n) is 3.80. The minimum atomic E-state index is 0.296. The smallest absolute Gasteiger partial charge is 0.127 e. The highest BCUT2D eigenvalue weighted by Crippen LogP contribution is 2.40. The molecule has 0 radical (unpaired) electrons. The molecule has 0 heterocycles. The number of phenolic OH excluding ortho intramolecular Hbond substituents is 1. The average molecular weight is 256 g/mol. The summed E-state index contributed by atoms with van der Waals surface area (Å²) in [4.78, 5) is 0. The van der Waals surface area contributed by atoms with E-state index < -0.39 is 0 Å². The van der Waals surface area contributed by atoms with Crippen LogP contribution in [0.25, 0.3) is 11.1 Å². The molecule has 2 nitrogen and oxygen atoms in total. The second-order valence-corrected chi connectivity index (χ2v) is 5.04. The van der Waals surface area contributed by atoms with Gasteiger partial charge in [-0.15, -0.1) is 0 Å². The molecule has 0 bridgehead atoms. The van der Waals surface area contributed by atoms with Crippen molar-refractivity contribution in [2.75, 3.05) is 7.11 Å². The van der Waals surface area contributed by atoms with Crippen LogP contribution < -0.4 is 4.74 Å². The summed E-state index contributed by atoms with van der Waals surface area (Å²) in [7, 11) is 1.66. The molecule has 2 aromatic rings. The molecule has 0 saturated carbocycles. The molecule has 19 heavy (non-hydrogen) atoms. The van der Waals surface area contributed by atoms with E-state index in [9.17, 15) is 5.11 Å². The molecule has 0 saturated heterocycles. The minimum absolute atomic E-state index is 0.296. The zero-order chi connectivity index (χ0) is 14.2. The van der Waals surface area contributed by atoms with Crippen LogP contribution >= 0.6 is 0 Å². The number of aryl methyl sites for hydroxylation is 3. The molecule has 2 rings (SSSR count). The highest BCUT2D eigenvalue weighted by molar-refractivity contribution is 5.80. The molecule has 100 valence electrons. The van der Waals surface area contributed by atoms with E-state index in [4.69, 9.17) is 4.74 Å². The molecule has 2 aromatic carbocycles. The molecule has 0 unspecified atom stereocenters. The van der Waals surface area contributed by atoms with Crippen LogP contribution in [-0.2, 0) is 0 Å². The quantitative estimate of drug-likeness (QED) is 0.868. The molecule has 0 spiro atoms. The highest BCUT2D eigenvalue weighted by Gasteiger charge is 2.15. The van der Waals surface area contributed by atoms with Gasteiger partial charge in [0, 0.05) is 11.1 Å². The SMILES string of the molecule is COc1cc(C)c(C)cc1-c1c(O)ccc(C)c1C. The van der Waals surface area contributed by atoms with Gasteiger partial charge in [-0.25, -0.2) is 0 Å². The Morgan fingerprint density at radius 3 is 2.16 bits per heavy atom. The second kappa shape index (κ2) is 4.96. The number of ether oxygens (including phenoxy) is 1. The molecule has 0 amide bonds. The minimum Gasteiger partial charge on any atom is -0.507 e. The van der Waals surface area contributed by atoms with E-state index in [-0.39, 0.29) is 0 Å². The van der Waals surface area contributed by atoms with Crippen LogP contribution in [0.3, 0.4) is 0 Å². The van der Waals surface area contributed by atoms with E-state index in [2.05, 4.69) is 19.9 Å². The monoisotopic (exact) mass is 256 g/mol. The summed E-state index contributed by atoms with van der Waals surface area (Å²) in [5, 5.41) is 10.2. The lowest BCUT2D eigenvalue weighted by atomic mass is 9.93. The third-order valence-corrected chi connectivity index (χ3v) is 3.80. The lowest BCUT2D eigenvalue weighted by molar-refractivity contribution is 0.415. The fourth-order valence-corrected chi connectivity index (χ4v) is 2.30. The standard InChI is InChI=1S/C17H20O2/c1-10-6-7-15(18)17(13(10)4)14-8-11(2)12(3)9-16(14)19-5/h6-9,18H,1-5H3. The van der Waals surface area contributed by atoms with Gasteiger partial charge < -0.3 is 9.84 Å². The zero-order valence-electron chi connectivity index (χ0n) is 12.2. The van der Waals surface area contributed by atoms with Gasteiger partial charge in [0.1, 0.15) is 11.5 Å². The predicted octanol–water partition coefficient (Wildman–Crippen LogP) is 4.30. The Morgan fingerprint density at radius 1 is 0.895 bits per heavy atom. The number of hydrogen-bond donors (Lipinski definition) is 1. The molecule has 0 aromatic heterocycles. The lowest BCUT2D eigenvalue weighted by Crippen LogP contribution is -1.95. The molecule has 0 atom stereocenters. The fourth-order valence-electron chi connectivity index (χ4n) is 2.30. The Labute approximate surface area is 114 Å². The number of aromatic hydroxyl groups is 1. The average Bonchev–Trinajstić information content (AvgIpc) is 2.38. The van der Waals surface area contributed by atoms with Crippen molar-refractivity contribution in [3.05, 3.63) is 46.5 Å². The highest BCUT2D eigenvalue weighted by atomic mass is 16.5. The first-order valence-electron chi connectivity index (χ1n) is 6.40. The van der Waals surface area contributed by atoms with Crippen molar-refractivity contribution in [1.82, 2.24) is 0 Å². The molecule has 0 fully saturated rings. The lowest BCUT2D eigenvalue weighted by Gasteiger charge is -2.16. The van der Waals surface area contributed by atoms with Crippen LogP contribution in [0.4, 0.5) is 0 Å². The fraction of sp³-hybridized carbons (Fsp3) is 0.294. The van der Waals surface area contributed by atoms with Crippen LogP contribution in [0.1, 0.15) is 22.3 Å². The molecule has 0 aliphatic rings. The van der Waals surface area contributed by atoms with Crippen molar-refractivity contribution >= 4 is 0 Å².